The monoisotopic (exact) mass is 286 g/mol. The minimum Gasteiger partial charge on any atom is -0.437 e. The number of pyridine rings is 2. The average Bonchev–Trinajstić information content (AvgIpc) is 2.49. The van der Waals surface area contributed by atoms with Crippen LogP contribution in [0.25, 0.3) is 10.9 Å². The maximum atomic E-state index is 9.17. The van der Waals surface area contributed by atoms with E-state index in [0.29, 0.717) is 22.2 Å². The van der Waals surface area contributed by atoms with Gasteiger partial charge in [0.25, 0.3) is 0 Å². The van der Waals surface area contributed by atoms with E-state index in [0.717, 1.165) is 10.9 Å². The predicted octanol–water partition coefficient (Wildman–Crippen LogP) is 3.57. The van der Waals surface area contributed by atoms with Crippen LogP contribution in [0.15, 0.2) is 48.8 Å². The zero-order valence-corrected chi connectivity index (χ0v) is 11.2. The maximum absolute atomic E-state index is 9.17. The van der Waals surface area contributed by atoms with Gasteiger partial charge in [0.05, 0.1) is 23.3 Å². The highest BCUT2D eigenvalue weighted by atomic mass is 35.5. The quantitative estimate of drug-likeness (QED) is 0.800. The van der Waals surface area contributed by atoms with Gasteiger partial charge < -0.3 is 9.84 Å². The Hall–Kier alpha value is -2.17. The molecule has 20 heavy (non-hydrogen) atoms. The van der Waals surface area contributed by atoms with Gasteiger partial charge in [-0.15, -0.1) is 0 Å². The third kappa shape index (κ3) is 2.57. The minimum absolute atomic E-state index is 0.159. The zero-order valence-electron chi connectivity index (χ0n) is 10.5. The number of halogens is 1. The lowest BCUT2D eigenvalue weighted by atomic mass is 10.2. The van der Waals surface area contributed by atoms with Crippen LogP contribution in [0.1, 0.15) is 5.56 Å². The van der Waals surface area contributed by atoms with Crippen molar-refractivity contribution in [3.63, 3.8) is 0 Å². The van der Waals surface area contributed by atoms with E-state index in [1.54, 1.807) is 12.3 Å². The highest BCUT2D eigenvalue weighted by Crippen LogP contribution is 2.25. The van der Waals surface area contributed by atoms with Crippen LogP contribution in [0.5, 0.6) is 11.6 Å². The SMILES string of the molecule is OCc1cc(Oc2cnc3ccccc3c2)ncc1Cl. The fraction of sp³-hybridized carbons (Fsp3) is 0.0667. The maximum Gasteiger partial charge on any atom is 0.219 e. The Morgan fingerprint density at radius 1 is 1.10 bits per heavy atom. The molecule has 5 heteroatoms. The van der Waals surface area contributed by atoms with E-state index in [1.807, 2.05) is 30.3 Å². The van der Waals surface area contributed by atoms with E-state index in [4.69, 9.17) is 16.3 Å². The molecule has 0 aliphatic rings. The van der Waals surface area contributed by atoms with Crippen LogP contribution in [-0.2, 0) is 6.61 Å². The molecule has 2 aromatic heterocycles. The van der Waals surface area contributed by atoms with Crippen molar-refractivity contribution in [2.24, 2.45) is 0 Å². The summed E-state index contributed by atoms with van der Waals surface area (Å²) in [4.78, 5) is 8.38. The molecule has 1 aromatic carbocycles. The summed E-state index contributed by atoms with van der Waals surface area (Å²) in [6.07, 6.45) is 3.09. The van der Waals surface area contributed by atoms with Crippen LogP contribution in [0.4, 0.5) is 0 Å². The van der Waals surface area contributed by atoms with Gasteiger partial charge in [-0.2, -0.15) is 0 Å². The molecule has 4 nitrogen and oxygen atoms in total. The van der Waals surface area contributed by atoms with Crippen LogP contribution in [0.2, 0.25) is 5.02 Å². The number of aliphatic hydroxyl groups excluding tert-OH is 1. The molecule has 0 amide bonds. The molecule has 100 valence electrons. The molecular formula is C15H11ClN2O2. The van der Waals surface area contributed by atoms with Crippen molar-refractivity contribution in [3.8, 4) is 11.6 Å². The Labute approximate surface area is 120 Å². The second-order valence-corrected chi connectivity index (χ2v) is 4.65. The highest BCUT2D eigenvalue weighted by molar-refractivity contribution is 6.31. The predicted molar refractivity (Wildman–Crippen MR) is 77.0 cm³/mol. The van der Waals surface area contributed by atoms with Gasteiger partial charge in [-0.25, -0.2) is 4.98 Å². The van der Waals surface area contributed by atoms with E-state index >= 15 is 0 Å². The van der Waals surface area contributed by atoms with Gasteiger partial charge in [0, 0.05) is 23.2 Å². The number of rotatable bonds is 3. The Morgan fingerprint density at radius 3 is 2.80 bits per heavy atom. The molecule has 3 rings (SSSR count). The van der Waals surface area contributed by atoms with Crippen molar-refractivity contribution in [2.45, 2.75) is 6.61 Å². The average molecular weight is 287 g/mol. The van der Waals surface area contributed by atoms with Gasteiger partial charge in [-0.1, -0.05) is 29.8 Å². The zero-order chi connectivity index (χ0) is 13.9. The van der Waals surface area contributed by atoms with Gasteiger partial charge in [-0.05, 0) is 12.1 Å². The molecule has 1 N–H and O–H groups in total. The Balaban J connectivity index is 1.92. The third-order valence-corrected chi connectivity index (χ3v) is 3.21. The molecule has 2 heterocycles. The number of hydrogen-bond acceptors (Lipinski definition) is 4. The van der Waals surface area contributed by atoms with Gasteiger partial charge in [0.15, 0.2) is 0 Å². The molecule has 0 radical (unpaired) electrons. The number of fused-ring (bicyclic) bond motifs is 1. The number of ether oxygens (including phenoxy) is 1. The van der Waals surface area contributed by atoms with Crippen molar-refractivity contribution >= 4 is 22.5 Å². The van der Waals surface area contributed by atoms with E-state index in [1.165, 1.54) is 6.20 Å². The molecular weight excluding hydrogens is 276 g/mol. The van der Waals surface area contributed by atoms with E-state index in [9.17, 15) is 5.11 Å². The summed E-state index contributed by atoms with van der Waals surface area (Å²) >= 11 is 5.89. The standard InChI is InChI=1S/C15H11ClN2O2/c16-13-8-18-15(6-11(13)9-19)20-12-5-10-3-1-2-4-14(10)17-7-12/h1-8,19H,9H2. The lowest BCUT2D eigenvalue weighted by molar-refractivity contribution is 0.281. The summed E-state index contributed by atoms with van der Waals surface area (Å²) in [5.41, 5.74) is 1.48. The highest BCUT2D eigenvalue weighted by Gasteiger charge is 2.05. The van der Waals surface area contributed by atoms with Crippen LogP contribution in [-0.4, -0.2) is 15.1 Å². The molecule has 0 spiro atoms. The van der Waals surface area contributed by atoms with E-state index in [2.05, 4.69) is 9.97 Å². The number of hydrogen-bond donors (Lipinski definition) is 1. The topological polar surface area (TPSA) is 55.2 Å². The normalized spacial score (nSPS) is 10.7. The smallest absolute Gasteiger partial charge is 0.219 e. The van der Waals surface area contributed by atoms with Crippen LogP contribution in [0, 0.1) is 0 Å². The Morgan fingerprint density at radius 2 is 1.95 bits per heavy atom. The molecule has 0 fully saturated rings. The fourth-order valence-corrected chi connectivity index (χ4v) is 2.03. The Kier molecular flexibility index (Phi) is 3.50. The summed E-state index contributed by atoms with van der Waals surface area (Å²) in [6.45, 7) is -0.159. The van der Waals surface area contributed by atoms with Crippen molar-refractivity contribution < 1.29 is 9.84 Å². The van der Waals surface area contributed by atoms with Crippen molar-refractivity contribution in [3.05, 3.63) is 59.4 Å². The van der Waals surface area contributed by atoms with Crippen molar-refractivity contribution in [2.75, 3.05) is 0 Å². The van der Waals surface area contributed by atoms with Crippen molar-refractivity contribution in [1.82, 2.24) is 9.97 Å². The third-order valence-electron chi connectivity index (χ3n) is 2.87. The molecule has 0 bridgehead atoms. The first-order chi connectivity index (χ1) is 9.76. The van der Waals surface area contributed by atoms with Crippen LogP contribution in [0.3, 0.4) is 0 Å². The number of nitrogens with zero attached hydrogens (tertiary/aromatic N) is 2. The largest absolute Gasteiger partial charge is 0.437 e. The van der Waals surface area contributed by atoms with Gasteiger partial charge in [-0.3, -0.25) is 4.98 Å². The van der Waals surface area contributed by atoms with Crippen LogP contribution < -0.4 is 4.74 Å². The van der Waals surface area contributed by atoms with Gasteiger partial charge in [0.2, 0.25) is 5.88 Å². The molecule has 0 unspecified atom stereocenters. The number of para-hydroxylation sites is 1. The number of benzene rings is 1. The summed E-state index contributed by atoms with van der Waals surface area (Å²) in [6, 6.07) is 11.3. The molecule has 3 aromatic rings. The second kappa shape index (κ2) is 5.45. The first-order valence-electron chi connectivity index (χ1n) is 6.04. The summed E-state index contributed by atoms with van der Waals surface area (Å²) in [7, 11) is 0. The summed E-state index contributed by atoms with van der Waals surface area (Å²) in [5, 5.41) is 10.6. The fourth-order valence-electron chi connectivity index (χ4n) is 1.86. The number of aliphatic hydroxyl groups is 1. The minimum atomic E-state index is -0.159. The number of aromatic nitrogens is 2. The first kappa shape index (κ1) is 12.8. The molecule has 0 saturated heterocycles. The second-order valence-electron chi connectivity index (χ2n) is 4.24. The molecule has 0 aliphatic heterocycles. The van der Waals surface area contributed by atoms with Gasteiger partial charge >= 0.3 is 0 Å². The molecule has 0 atom stereocenters. The van der Waals surface area contributed by atoms with Crippen LogP contribution >= 0.6 is 11.6 Å². The molecule has 0 saturated carbocycles. The Bertz CT molecular complexity index is 762. The summed E-state index contributed by atoms with van der Waals surface area (Å²) in [5.74, 6) is 0.956. The lowest BCUT2D eigenvalue weighted by Crippen LogP contribution is -1.92. The first-order valence-corrected chi connectivity index (χ1v) is 6.42. The molecule has 0 aliphatic carbocycles. The van der Waals surface area contributed by atoms with Crippen molar-refractivity contribution in [1.29, 1.82) is 0 Å². The van der Waals surface area contributed by atoms with E-state index in [-0.39, 0.29) is 6.61 Å². The van der Waals surface area contributed by atoms with Gasteiger partial charge in [0.1, 0.15) is 5.75 Å². The lowest BCUT2D eigenvalue weighted by Gasteiger charge is -2.07. The summed E-state index contributed by atoms with van der Waals surface area (Å²) < 4.78 is 5.64. The van der Waals surface area contributed by atoms with E-state index < -0.39 is 0 Å².